The summed E-state index contributed by atoms with van der Waals surface area (Å²) in [7, 11) is 0. The van der Waals surface area contributed by atoms with Gasteiger partial charge in [-0.3, -0.25) is 4.79 Å². The summed E-state index contributed by atoms with van der Waals surface area (Å²) in [6, 6.07) is 35.5. The van der Waals surface area contributed by atoms with E-state index < -0.39 is 12.1 Å². The van der Waals surface area contributed by atoms with Gasteiger partial charge in [0, 0.05) is 23.0 Å². The topological polar surface area (TPSA) is 107 Å². The minimum atomic E-state index is -5.08. The quantitative estimate of drug-likeness (QED) is 0.151. The summed E-state index contributed by atoms with van der Waals surface area (Å²) in [5.74, 6) is -2.15. The van der Waals surface area contributed by atoms with Crippen LogP contribution in [0.25, 0.3) is 10.9 Å². The number of nitrogens with zero attached hydrogens (tertiary/aromatic N) is 1. The zero-order chi connectivity index (χ0) is 32.6. The lowest BCUT2D eigenvalue weighted by Crippen LogP contribution is -2.28. The first-order valence-electron chi connectivity index (χ1n) is 13.8. The molecule has 0 radical (unpaired) electrons. The van der Waals surface area contributed by atoms with Crippen molar-refractivity contribution in [3.63, 3.8) is 0 Å². The van der Waals surface area contributed by atoms with Crippen molar-refractivity contribution in [2.75, 3.05) is 0 Å². The van der Waals surface area contributed by atoms with Gasteiger partial charge in [-0.25, -0.2) is 4.79 Å². The number of nitrogens with two attached hydrogens (primary N) is 1. The molecule has 0 aliphatic carbocycles. The van der Waals surface area contributed by atoms with Crippen LogP contribution in [-0.4, -0.2) is 32.7 Å². The zero-order valence-corrected chi connectivity index (χ0v) is 24.9. The van der Waals surface area contributed by atoms with Crippen LogP contribution < -0.4 is 15.8 Å². The Labute approximate surface area is 263 Å². The van der Waals surface area contributed by atoms with Crippen molar-refractivity contribution in [3.8, 4) is 5.75 Å². The first-order valence-corrected chi connectivity index (χ1v) is 14.2. The number of carboxylic acids is 1. The molecule has 5 rings (SSSR count). The van der Waals surface area contributed by atoms with Gasteiger partial charge in [0.2, 0.25) is 0 Å². The molecule has 0 unspecified atom stereocenters. The van der Waals surface area contributed by atoms with E-state index in [1.165, 1.54) is 0 Å². The van der Waals surface area contributed by atoms with Crippen LogP contribution in [0.15, 0.2) is 109 Å². The van der Waals surface area contributed by atoms with Crippen LogP contribution in [0.4, 0.5) is 13.2 Å². The zero-order valence-electron chi connectivity index (χ0n) is 24.1. The maximum Gasteiger partial charge on any atom is 0.490 e. The number of hydrogen-bond donors (Lipinski definition) is 3. The minimum Gasteiger partial charge on any atom is -0.489 e. The predicted octanol–water partition coefficient (Wildman–Crippen LogP) is 7.03. The summed E-state index contributed by atoms with van der Waals surface area (Å²) >= 11 is 5.18. The summed E-state index contributed by atoms with van der Waals surface area (Å²) in [5.41, 5.74) is 11.3. The summed E-state index contributed by atoms with van der Waals surface area (Å²) < 4.78 is 39.8. The van der Waals surface area contributed by atoms with Gasteiger partial charge in [0.25, 0.3) is 5.91 Å². The molecule has 1 atom stereocenters. The van der Waals surface area contributed by atoms with Crippen molar-refractivity contribution < 1.29 is 32.6 Å². The average Bonchev–Trinajstić information content (AvgIpc) is 3.38. The number of carbonyl (C=O) groups excluding carboxylic acids is 1. The molecule has 0 saturated carbocycles. The Kier molecular flexibility index (Phi) is 10.6. The van der Waals surface area contributed by atoms with Gasteiger partial charge in [-0.15, -0.1) is 0 Å². The summed E-state index contributed by atoms with van der Waals surface area (Å²) in [6.45, 7) is 2.95. The number of aliphatic carboxylic acids is 1. The van der Waals surface area contributed by atoms with Crippen molar-refractivity contribution >= 4 is 40.0 Å². The molecule has 7 nitrogen and oxygen atoms in total. The van der Waals surface area contributed by atoms with Gasteiger partial charge in [0.1, 0.15) is 23.0 Å². The monoisotopic (exact) mass is 633 g/mol. The van der Waals surface area contributed by atoms with Crippen molar-refractivity contribution in [2.45, 2.75) is 32.3 Å². The van der Waals surface area contributed by atoms with E-state index in [0.29, 0.717) is 23.8 Å². The fourth-order valence-electron chi connectivity index (χ4n) is 4.54. The number of halogens is 3. The van der Waals surface area contributed by atoms with Crippen molar-refractivity contribution in [1.29, 1.82) is 0 Å². The number of alkyl halides is 3. The smallest absolute Gasteiger partial charge is 0.489 e. The van der Waals surface area contributed by atoms with Gasteiger partial charge >= 0.3 is 12.1 Å². The Morgan fingerprint density at radius 3 is 2.16 bits per heavy atom. The molecule has 1 amide bonds. The highest BCUT2D eigenvalue weighted by Gasteiger charge is 2.38. The molecule has 0 saturated heterocycles. The number of fused-ring (bicyclic) bond motifs is 1. The normalized spacial score (nSPS) is 11.6. The molecule has 4 aromatic carbocycles. The maximum absolute atomic E-state index is 13.6. The number of hydrogen-bond acceptors (Lipinski definition) is 4. The lowest BCUT2D eigenvalue weighted by molar-refractivity contribution is -0.192. The molecule has 1 heterocycles. The number of carbonyl (C=O) groups is 2. The van der Waals surface area contributed by atoms with Crippen LogP contribution in [0.2, 0.25) is 0 Å². The molecule has 0 spiro atoms. The number of benzene rings is 4. The van der Waals surface area contributed by atoms with Crippen LogP contribution in [0.5, 0.6) is 5.75 Å². The van der Waals surface area contributed by atoms with Gasteiger partial charge in [-0.1, -0.05) is 91.1 Å². The van der Waals surface area contributed by atoms with Gasteiger partial charge in [-0.2, -0.15) is 13.2 Å². The second kappa shape index (κ2) is 14.5. The first kappa shape index (κ1) is 32.7. The standard InChI is InChI=1S/C32H29N3O2S.C2HF3O2/c1-22(25-12-6-3-7-13-25)34-32(36)30-19-27-18-28(37-21-23-9-4-2-5-10-23)15-16-29(27)35(30)20-24-11-8-14-26(17-24)31(33)38;3-2(4,5)1(6)7/h2-19,22H,20-21H2,1H3,(H2,33,38)(H,34,36);(H,6,7)/t22-;/m0./s1. The molecule has 0 fully saturated rings. The Balaban J connectivity index is 0.000000591. The molecule has 11 heteroatoms. The summed E-state index contributed by atoms with van der Waals surface area (Å²) in [4.78, 5) is 22.8. The highest BCUT2D eigenvalue weighted by Crippen LogP contribution is 2.27. The second-order valence-corrected chi connectivity index (χ2v) is 10.5. The third-order valence-electron chi connectivity index (χ3n) is 6.80. The van der Waals surface area contributed by atoms with Crippen LogP contribution in [0.3, 0.4) is 0 Å². The Morgan fingerprint density at radius 1 is 0.911 bits per heavy atom. The van der Waals surface area contributed by atoms with Crippen molar-refractivity contribution in [2.24, 2.45) is 5.73 Å². The highest BCUT2D eigenvalue weighted by atomic mass is 32.1. The fraction of sp³-hybridized carbons (Fsp3) is 0.147. The SMILES string of the molecule is C[C@H](NC(=O)c1cc2cc(OCc3ccccc3)ccc2n1Cc1cccc(C(N)=S)c1)c1ccccc1.O=C(O)C(F)(F)F. The Bertz CT molecular complexity index is 1790. The van der Waals surface area contributed by atoms with Crippen LogP contribution in [0.1, 0.15) is 45.7 Å². The third-order valence-corrected chi connectivity index (χ3v) is 7.03. The van der Waals surface area contributed by atoms with E-state index >= 15 is 0 Å². The van der Waals surface area contributed by atoms with E-state index in [1.807, 2.05) is 121 Å². The third kappa shape index (κ3) is 8.93. The molecule has 0 aliphatic rings. The minimum absolute atomic E-state index is 0.141. The number of thiocarbonyl (C=S) groups is 1. The fourth-order valence-corrected chi connectivity index (χ4v) is 4.67. The number of aromatic nitrogens is 1. The number of carboxylic acid groups (broad SMARTS) is 1. The Hall–Kier alpha value is -5.16. The van der Waals surface area contributed by atoms with E-state index in [2.05, 4.69) is 5.32 Å². The largest absolute Gasteiger partial charge is 0.490 e. The highest BCUT2D eigenvalue weighted by molar-refractivity contribution is 7.80. The van der Waals surface area contributed by atoms with Gasteiger partial charge in [0.05, 0.1) is 6.04 Å². The molecular formula is C34H30F3N3O4S. The molecule has 45 heavy (non-hydrogen) atoms. The van der Waals surface area contributed by atoms with Crippen LogP contribution in [-0.2, 0) is 17.9 Å². The van der Waals surface area contributed by atoms with Gasteiger partial charge in [-0.05, 0) is 53.9 Å². The molecule has 1 aromatic heterocycles. The first-order chi connectivity index (χ1) is 21.4. The van der Waals surface area contributed by atoms with E-state index in [9.17, 15) is 18.0 Å². The Morgan fingerprint density at radius 2 is 1.53 bits per heavy atom. The number of ether oxygens (including phenoxy) is 1. The van der Waals surface area contributed by atoms with Crippen molar-refractivity contribution in [3.05, 3.63) is 137 Å². The van der Waals surface area contributed by atoms with Gasteiger partial charge < -0.3 is 25.5 Å². The average molecular weight is 634 g/mol. The lowest BCUT2D eigenvalue weighted by Gasteiger charge is -2.16. The van der Waals surface area contributed by atoms with E-state index in [-0.39, 0.29) is 11.9 Å². The van der Waals surface area contributed by atoms with Gasteiger partial charge in [0.15, 0.2) is 0 Å². The number of rotatable bonds is 9. The van der Waals surface area contributed by atoms with Crippen molar-refractivity contribution in [1.82, 2.24) is 9.88 Å². The number of nitrogens with one attached hydrogen (secondary N) is 1. The molecule has 0 aliphatic heterocycles. The second-order valence-electron chi connectivity index (χ2n) is 10.1. The molecular weight excluding hydrogens is 603 g/mol. The lowest BCUT2D eigenvalue weighted by atomic mass is 10.1. The molecule has 0 bridgehead atoms. The van der Waals surface area contributed by atoms with E-state index in [1.54, 1.807) is 0 Å². The molecule has 4 N–H and O–H groups in total. The summed E-state index contributed by atoms with van der Waals surface area (Å²) in [6.07, 6.45) is -5.08. The molecule has 232 valence electrons. The maximum atomic E-state index is 13.6. The van der Waals surface area contributed by atoms with E-state index in [0.717, 1.165) is 38.9 Å². The van der Waals surface area contributed by atoms with E-state index in [4.69, 9.17) is 32.6 Å². The van der Waals surface area contributed by atoms with Crippen LogP contribution >= 0.6 is 12.2 Å². The predicted molar refractivity (Wildman–Crippen MR) is 170 cm³/mol. The summed E-state index contributed by atoms with van der Waals surface area (Å²) in [5, 5.41) is 11.2. The molecule has 5 aromatic rings. The number of amides is 1. The van der Waals surface area contributed by atoms with Crippen LogP contribution in [0, 0.1) is 0 Å².